The number of aromatic nitrogens is 1. The minimum atomic E-state index is -0.505. The van der Waals surface area contributed by atoms with Crippen LogP contribution in [0, 0.1) is 5.82 Å². The number of pyridine rings is 1. The van der Waals surface area contributed by atoms with Crippen LogP contribution in [0.15, 0.2) is 42.6 Å². The highest BCUT2D eigenvalue weighted by Crippen LogP contribution is 2.35. The van der Waals surface area contributed by atoms with Crippen LogP contribution < -0.4 is 14.4 Å². The highest BCUT2D eigenvalue weighted by molar-refractivity contribution is 5.95. The lowest BCUT2D eigenvalue weighted by molar-refractivity contribution is -0.117. The molecule has 2 aromatic carbocycles. The van der Waals surface area contributed by atoms with E-state index in [-0.39, 0.29) is 11.7 Å². The number of ether oxygens (including phenoxy) is 2. The van der Waals surface area contributed by atoms with Crippen LogP contribution in [0.4, 0.5) is 10.1 Å². The minimum Gasteiger partial charge on any atom is -0.496 e. The number of rotatable bonds is 6. The van der Waals surface area contributed by atoms with E-state index >= 15 is 0 Å². The molecule has 1 fully saturated rings. The van der Waals surface area contributed by atoms with E-state index in [9.17, 15) is 9.18 Å². The molecule has 29 heavy (non-hydrogen) atoms. The smallest absolute Gasteiger partial charge is 0.227 e. The zero-order valence-electron chi connectivity index (χ0n) is 16.6. The van der Waals surface area contributed by atoms with E-state index in [2.05, 4.69) is 11.9 Å². The molecule has 1 aliphatic heterocycles. The van der Waals surface area contributed by atoms with Gasteiger partial charge in [-0.25, -0.2) is 4.39 Å². The molecule has 0 saturated carbocycles. The van der Waals surface area contributed by atoms with Gasteiger partial charge in [-0.1, -0.05) is 13.3 Å². The SMILES string of the molecule is CCCc1cc2c(Oc3ccc(N4CCCC4=O)cc3F)ccnc2cc1OC. The van der Waals surface area contributed by atoms with Crippen LogP contribution >= 0.6 is 0 Å². The lowest BCUT2D eigenvalue weighted by Gasteiger charge is -2.17. The summed E-state index contributed by atoms with van der Waals surface area (Å²) >= 11 is 0. The maximum absolute atomic E-state index is 14.7. The number of amides is 1. The van der Waals surface area contributed by atoms with Gasteiger partial charge in [0, 0.05) is 42.4 Å². The molecular formula is C23H23FN2O3. The van der Waals surface area contributed by atoms with Crippen molar-refractivity contribution in [3.8, 4) is 17.2 Å². The van der Waals surface area contributed by atoms with Crippen molar-refractivity contribution < 1.29 is 18.7 Å². The molecule has 1 amide bonds. The Morgan fingerprint density at radius 1 is 1.14 bits per heavy atom. The molecule has 6 heteroatoms. The molecule has 1 aliphatic rings. The average Bonchev–Trinajstić information content (AvgIpc) is 3.15. The highest BCUT2D eigenvalue weighted by atomic mass is 19.1. The number of carbonyl (C=O) groups is 1. The van der Waals surface area contributed by atoms with Gasteiger partial charge in [0.2, 0.25) is 5.91 Å². The third kappa shape index (κ3) is 3.75. The van der Waals surface area contributed by atoms with Gasteiger partial charge < -0.3 is 14.4 Å². The molecule has 3 aromatic rings. The molecule has 0 unspecified atom stereocenters. The van der Waals surface area contributed by atoms with Crippen LogP contribution in [0.3, 0.4) is 0 Å². The number of halogens is 1. The van der Waals surface area contributed by atoms with E-state index in [4.69, 9.17) is 9.47 Å². The normalized spacial score (nSPS) is 13.9. The number of hydrogen-bond donors (Lipinski definition) is 0. The first-order chi connectivity index (χ1) is 14.1. The van der Waals surface area contributed by atoms with E-state index in [0.717, 1.165) is 41.5 Å². The summed E-state index contributed by atoms with van der Waals surface area (Å²) < 4.78 is 26.1. The summed E-state index contributed by atoms with van der Waals surface area (Å²) in [6, 6.07) is 10.2. The van der Waals surface area contributed by atoms with Crippen molar-refractivity contribution in [2.24, 2.45) is 0 Å². The van der Waals surface area contributed by atoms with Gasteiger partial charge in [0.25, 0.3) is 0 Å². The van der Waals surface area contributed by atoms with E-state index < -0.39 is 5.82 Å². The van der Waals surface area contributed by atoms with Crippen LogP contribution in [0.1, 0.15) is 31.7 Å². The van der Waals surface area contributed by atoms with Crippen molar-refractivity contribution in [1.29, 1.82) is 0 Å². The topological polar surface area (TPSA) is 51.7 Å². The first kappa shape index (κ1) is 19.2. The Balaban J connectivity index is 1.68. The Labute approximate surface area is 169 Å². The number of carbonyl (C=O) groups excluding carboxylic acids is 1. The van der Waals surface area contributed by atoms with Gasteiger partial charge in [-0.2, -0.15) is 0 Å². The first-order valence-electron chi connectivity index (χ1n) is 9.84. The molecule has 0 aliphatic carbocycles. The molecule has 1 aromatic heterocycles. The fraction of sp³-hybridized carbons (Fsp3) is 0.304. The third-order valence-electron chi connectivity index (χ3n) is 5.14. The summed E-state index contributed by atoms with van der Waals surface area (Å²) in [5.41, 5.74) is 2.34. The lowest BCUT2D eigenvalue weighted by atomic mass is 10.0. The molecule has 4 rings (SSSR count). The zero-order chi connectivity index (χ0) is 20.4. The summed E-state index contributed by atoms with van der Waals surface area (Å²) in [5, 5.41) is 0.801. The summed E-state index contributed by atoms with van der Waals surface area (Å²) in [7, 11) is 1.64. The van der Waals surface area contributed by atoms with Gasteiger partial charge in [-0.15, -0.1) is 0 Å². The average molecular weight is 394 g/mol. The number of methoxy groups -OCH3 is 1. The Kier molecular flexibility index (Phi) is 5.34. The quantitative estimate of drug-likeness (QED) is 0.573. The Morgan fingerprint density at radius 2 is 2.00 bits per heavy atom. The summed E-state index contributed by atoms with van der Waals surface area (Å²) in [6.45, 7) is 2.72. The predicted molar refractivity (Wildman–Crippen MR) is 110 cm³/mol. The molecule has 1 saturated heterocycles. The van der Waals surface area contributed by atoms with Crippen LogP contribution in [-0.4, -0.2) is 24.5 Å². The fourth-order valence-corrected chi connectivity index (χ4v) is 3.72. The van der Waals surface area contributed by atoms with Gasteiger partial charge in [-0.3, -0.25) is 9.78 Å². The fourth-order valence-electron chi connectivity index (χ4n) is 3.72. The van der Waals surface area contributed by atoms with E-state index in [1.165, 1.54) is 6.07 Å². The van der Waals surface area contributed by atoms with Gasteiger partial charge in [-0.05, 0) is 42.7 Å². The van der Waals surface area contributed by atoms with Gasteiger partial charge in [0.1, 0.15) is 11.5 Å². The Bertz CT molecular complexity index is 1070. The van der Waals surface area contributed by atoms with Crippen molar-refractivity contribution in [2.45, 2.75) is 32.6 Å². The molecular weight excluding hydrogens is 371 g/mol. The second-order valence-electron chi connectivity index (χ2n) is 7.11. The standard InChI is InChI=1S/C23H23FN2O3/c1-3-5-15-12-17-19(14-22(15)28-2)25-10-9-20(17)29-21-8-7-16(13-18(21)24)26-11-4-6-23(26)27/h7-10,12-14H,3-6,11H2,1-2H3. The van der Waals surface area contributed by atoms with E-state index in [0.29, 0.717) is 24.4 Å². The molecule has 0 radical (unpaired) electrons. The van der Waals surface area contributed by atoms with Crippen LogP contribution in [-0.2, 0) is 11.2 Å². The second-order valence-corrected chi connectivity index (χ2v) is 7.11. The minimum absolute atomic E-state index is 0.0237. The summed E-state index contributed by atoms with van der Waals surface area (Å²) in [4.78, 5) is 17.9. The third-order valence-corrected chi connectivity index (χ3v) is 5.14. The number of fused-ring (bicyclic) bond motifs is 1. The van der Waals surface area contributed by atoms with Crippen molar-refractivity contribution in [3.05, 3.63) is 54.0 Å². The van der Waals surface area contributed by atoms with Crippen molar-refractivity contribution in [2.75, 3.05) is 18.6 Å². The van der Waals surface area contributed by atoms with Crippen LogP contribution in [0.2, 0.25) is 0 Å². The molecule has 5 nitrogen and oxygen atoms in total. The Hall–Kier alpha value is -3.15. The molecule has 0 atom stereocenters. The predicted octanol–water partition coefficient (Wildman–Crippen LogP) is 5.25. The zero-order valence-corrected chi connectivity index (χ0v) is 16.6. The lowest BCUT2D eigenvalue weighted by Crippen LogP contribution is -2.23. The van der Waals surface area contributed by atoms with Gasteiger partial charge in [0.15, 0.2) is 11.6 Å². The molecule has 0 N–H and O–H groups in total. The summed E-state index contributed by atoms with van der Waals surface area (Å²) in [5.74, 6) is 0.944. The monoisotopic (exact) mass is 394 g/mol. The number of benzene rings is 2. The number of hydrogen-bond acceptors (Lipinski definition) is 4. The van der Waals surface area contributed by atoms with Crippen molar-refractivity contribution in [1.82, 2.24) is 4.98 Å². The van der Waals surface area contributed by atoms with E-state index in [1.54, 1.807) is 36.4 Å². The van der Waals surface area contributed by atoms with Gasteiger partial charge >= 0.3 is 0 Å². The number of anilines is 1. The number of aryl methyl sites for hydroxylation is 1. The molecule has 0 spiro atoms. The van der Waals surface area contributed by atoms with Gasteiger partial charge in [0.05, 0.1) is 12.6 Å². The van der Waals surface area contributed by atoms with E-state index in [1.807, 2.05) is 12.1 Å². The number of nitrogens with zero attached hydrogens (tertiary/aromatic N) is 2. The largest absolute Gasteiger partial charge is 0.496 e. The maximum Gasteiger partial charge on any atom is 0.227 e. The molecule has 2 heterocycles. The van der Waals surface area contributed by atoms with Crippen molar-refractivity contribution >= 4 is 22.5 Å². The second kappa shape index (κ2) is 8.07. The Morgan fingerprint density at radius 3 is 2.69 bits per heavy atom. The molecule has 150 valence electrons. The first-order valence-corrected chi connectivity index (χ1v) is 9.84. The molecule has 0 bridgehead atoms. The maximum atomic E-state index is 14.7. The highest BCUT2D eigenvalue weighted by Gasteiger charge is 2.23. The van der Waals surface area contributed by atoms with Crippen molar-refractivity contribution in [3.63, 3.8) is 0 Å². The summed E-state index contributed by atoms with van der Waals surface area (Å²) in [6.07, 6.45) is 4.77. The van der Waals surface area contributed by atoms with Crippen LogP contribution in [0.25, 0.3) is 10.9 Å². The van der Waals surface area contributed by atoms with Crippen LogP contribution in [0.5, 0.6) is 17.2 Å².